The molecule has 22 heavy (non-hydrogen) atoms. The first kappa shape index (κ1) is 15.9. The smallest absolute Gasteiger partial charge is 0.348 e. The number of rotatable bonds is 4. The number of nitrogens with zero attached hydrogens (tertiary/aromatic N) is 3. The van der Waals surface area contributed by atoms with Crippen LogP contribution >= 0.6 is 0 Å². The van der Waals surface area contributed by atoms with E-state index >= 15 is 0 Å². The van der Waals surface area contributed by atoms with Crippen LogP contribution in [0, 0.1) is 27.7 Å². The van der Waals surface area contributed by atoms with Gasteiger partial charge in [0.05, 0.1) is 0 Å². The van der Waals surface area contributed by atoms with Crippen molar-refractivity contribution in [1.82, 2.24) is 19.9 Å². The lowest BCUT2D eigenvalue weighted by atomic mass is 10.1. The zero-order valence-electron chi connectivity index (χ0n) is 13.3. The lowest BCUT2D eigenvalue weighted by Crippen LogP contribution is -2.34. The first-order valence-electron chi connectivity index (χ1n) is 7.10. The van der Waals surface area contributed by atoms with Gasteiger partial charge < -0.3 is 5.32 Å². The van der Waals surface area contributed by atoms with Crippen LogP contribution < -0.4 is 11.0 Å². The summed E-state index contributed by atoms with van der Waals surface area (Å²) in [6.07, 6.45) is 1.74. The monoisotopic (exact) mass is 300 g/mol. The Kier molecular flexibility index (Phi) is 4.70. The molecule has 1 N–H and O–H groups in total. The van der Waals surface area contributed by atoms with E-state index in [1.165, 1.54) is 4.57 Å². The van der Waals surface area contributed by atoms with Crippen LogP contribution in [-0.4, -0.2) is 20.4 Å². The van der Waals surface area contributed by atoms with E-state index in [-0.39, 0.29) is 12.5 Å². The van der Waals surface area contributed by atoms with Crippen molar-refractivity contribution in [2.75, 3.05) is 0 Å². The van der Waals surface area contributed by atoms with Crippen LogP contribution in [0.25, 0.3) is 0 Å². The maximum Gasteiger partial charge on any atom is 0.348 e. The predicted octanol–water partition coefficient (Wildman–Crippen LogP) is 1.19. The van der Waals surface area contributed by atoms with Gasteiger partial charge in [0.15, 0.2) is 0 Å². The molecule has 1 amide bonds. The van der Waals surface area contributed by atoms with Gasteiger partial charge in [0, 0.05) is 29.8 Å². The molecule has 2 aromatic heterocycles. The number of carbonyl (C=O) groups is 1. The Morgan fingerprint density at radius 1 is 1.23 bits per heavy atom. The summed E-state index contributed by atoms with van der Waals surface area (Å²) < 4.78 is 1.36. The summed E-state index contributed by atoms with van der Waals surface area (Å²) in [6.45, 7) is 7.82. The topological polar surface area (TPSA) is 76.9 Å². The van der Waals surface area contributed by atoms with Crippen molar-refractivity contribution in [2.24, 2.45) is 0 Å². The van der Waals surface area contributed by atoms with Crippen molar-refractivity contribution in [3.63, 3.8) is 0 Å². The number of hydrogen-bond donors (Lipinski definition) is 1. The van der Waals surface area contributed by atoms with E-state index in [4.69, 9.17) is 0 Å². The Morgan fingerprint density at radius 3 is 2.59 bits per heavy atom. The summed E-state index contributed by atoms with van der Waals surface area (Å²) in [5, 5.41) is 2.80. The molecule has 6 nitrogen and oxygen atoms in total. The molecule has 0 radical (unpaired) electrons. The molecule has 0 saturated heterocycles. The number of hydrogen-bond acceptors (Lipinski definition) is 4. The molecule has 2 rings (SSSR count). The predicted molar refractivity (Wildman–Crippen MR) is 83.5 cm³/mol. The fourth-order valence-electron chi connectivity index (χ4n) is 2.17. The van der Waals surface area contributed by atoms with Crippen LogP contribution in [0.5, 0.6) is 0 Å². The van der Waals surface area contributed by atoms with Gasteiger partial charge in [-0.05, 0) is 44.9 Å². The molecule has 0 bridgehead atoms. The summed E-state index contributed by atoms with van der Waals surface area (Å²) in [6, 6.07) is 3.77. The number of pyridine rings is 1. The molecule has 0 aliphatic carbocycles. The number of aromatic nitrogens is 3. The zero-order chi connectivity index (χ0) is 16.3. The molecule has 0 fully saturated rings. The van der Waals surface area contributed by atoms with Crippen LogP contribution in [0.1, 0.15) is 28.2 Å². The van der Waals surface area contributed by atoms with E-state index in [2.05, 4.69) is 15.3 Å². The third-order valence-corrected chi connectivity index (χ3v) is 3.53. The lowest BCUT2D eigenvalue weighted by Gasteiger charge is -2.10. The van der Waals surface area contributed by atoms with Crippen molar-refractivity contribution < 1.29 is 4.79 Å². The van der Waals surface area contributed by atoms with Gasteiger partial charge in [-0.2, -0.15) is 4.98 Å². The zero-order valence-corrected chi connectivity index (χ0v) is 13.3. The average Bonchev–Trinajstić information content (AvgIpc) is 2.44. The second kappa shape index (κ2) is 6.51. The van der Waals surface area contributed by atoms with Crippen molar-refractivity contribution in [3.05, 3.63) is 57.0 Å². The maximum absolute atomic E-state index is 12.0. The second-order valence-electron chi connectivity index (χ2n) is 5.43. The highest BCUT2D eigenvalue weighted by Gasteiger charge is 2.08. The van der Waals surface area contributed by atoms with E-state index < -0.39 is 5.69 Å². The normalized spacial score (nSPS) is 10.5. The quantitative estimate of drug-likeness (QED) is 0.920. The third kappa shape index (κ3) is 3.78. The molecule has 2 heterocycles. The maximum atomic E-state index is 12.0. The van der Waals surface area contributed by atoms with E-state index in [0.717, 1.165) is 22.5 Å². The van der Waals surface area contributed by atoms with Crippen LogP contribution in [0.3, 0.4) is 0 Å². The molecule has 0 unspecified atom stereocenters. The van der Waals surface area contributed by atoms with Crippen molar-refractivity contribution >= 4 is 5.91 Å². The van der Waals surface area contributed by atoms with Gasteiger partial charge in [0.2, 0.25) is 5.91 Å². The fraction of sp³-hybridized carbons (Fsp3) is 0.375. The molecule has 0 aliphatic heterocycles. The SMILES string of the molecule is Cc1cc(C)n(CC(=O)NCc2cnc(C)c(C)c2)c(=O)n1. The Labute approximate surface area is 129 Å². The summed E-state index contributed by atoms with van der Waals surface area (Å²) in [5.74, 6) is -0.228. The van der Waals surface area contributed by atoms with E-state index in [0.29, 0.717) is 12.2 Å². The lowest BCUT2D eigenvalue weighted by molar-refractivity contribution is -0.121. The highest BCUT2D eigenvalue weighted by atomic mass is 16.2. The highest BCUT2D eigenvalue weighted by molar-refractivity contribution is 5.75. The van der Waals surface area contributed by atoms with E-state index in [1.54, 1.807) is 26.1 Å². The summed E-state index contributed by atoms with van der Waals surface area (Å²) >= 11 is 0. The minimum absolute atomic E-state index is 0.0315. The van der Waals surface area contributed by atoms with Gasteiger partial charge in [0.1, 0.15) is 6.54 Å². The average molecular weight is 300 g/mol. The van der Waals surface area contributed by atoms with Gasteiger partial charge in [-0.25, -0.2) is 4.79 Å². The number of carbonyl (C=O) groups excluding carboxylic acids is 1. The van der Waals surface area contributed by atoms with Crippen LogP contribution in [-0.2, 0) is 17.9 Å². The van der Waals surface area contributed by atoms with Crippen molar-refractivity contribution in [3.8, 4) is 0 Å². The molecule has 0 atom stereocenters. The van der Waals surface area contributed by atoms with Crippen molar-refractivity contribution in [2.45, 2.75) is 40.8 Å². The third-order valence-electron chi connectivity index (χ3n) is 3.53. The first-order valence-corrected chi connectivity index (χ1v) is 7.10. The molecule has 0 aliphatic rings. The minimum atomic E-state index is -0.402. The standard InChI is InChI=1S/C16H20N4O2/c1-10-5-14(7-17-13(10)4)8-18-15(21)9-20-12(3)6-11(2)19-16(20)22/h5-7H,8-9H2,1-4H3,(H,18,21). The van der Waals surface area contributed by atoms with Crippen molar-refractivity contribution in [1.29, 1.82) is 0 Å². The Hall–Kier alpha value is -2.50. The van der Waals surface area contributed by atoms with Gasteiger partial charge >= 0.3 is 5.69 Å². The molecule has 116 valence electrons. The largest absolute Gasteiger partial charge is 0.350 e. The summed E-state index contributed by atoms with van der Waals surface area (Å²) in [7, 11) is 0. The summed E-state index contributed by atoms with van der Waals surface area (Å²) in [4.78, 5) is 31.9. The van der Waals surface area contributed by atoms with E-state index in [9.17, 15) is 9.59 Å². The molecule has 2 aromatic rings. The van der Waals surface area contributed by atoms with E-state index in [1.807, 2.05) is 19.9 Å². The first-order chi connectivity index (χ1) is 10.4. The Bertz CT molecular complexity index is 765. The molecule has 0 spiro atoms. The van der Waals surface area contributed by atoms with Gasteiger partial charge in [0.25, 0.3) is 0 Å². The van der Waals surface area contributed by atoms with Crippen LogP contribution in [0.15, 0.2) is 23.1 Å². The number of amides is 1. The molecule has 6 heteroatoms. The number of nitrogens with one attached hydrogen (secondary N) is 1. The Morgan fingerprint density at radius 2 is 1.95 bits per heavy atom. The van der Waals surface area contributed by atoms with Gasteiger partial charge in [-0.15, -0.1) is 0 Å². The van der Waals surface area contributed by atoms with Gasteiger partial charge in [-0.1, -0.05) is 6.07 Å². The molecular weight excluding hydrogens is 280 g/mol. The van der Waals surface area contributed by atoms with Crippen LogP contribution in [0.2, 0.25) is 0 Å². The highest BCUT2D eigenvalue weighted by Crippen LogP contribution is 2.06. The minimum Gasteiger partial charge on any atom is -0.350 e. The molecular formula is C16H20N4O2. The Balaban J connectivity index is 2.02. The molecule has 0 saturated carbocycles. The number of aryl methyl sites for hydroxylation is 4. The van der Waals surface area contributed by atoms with Gasteiger partial charge in [-0.3, -0.25) is 14.3 Å². The molecule has 0 aromatic carbocycles. The second-order valence-corrected chi connectivity index (χ2v) is 5.43. The van der Waals surface area contributed by atoms with Crippen LogP contribution in [0.4, 0.5) is 0 Å². The summed E-state index contributed by atoms with van der Waals surface area (Å²) in [5.41, 5.74) is 3.97. The fourth-order valence-corrected chi connectivity index (χ4v) is 2.17.